The molecule has 0 heterocycles. The van der Waals surface area contributed by atoms with Crippen molar-refractivity contribution in [2.45, 2.75) is 33.0 Å². The van der Waals surface area contributed by atoms with Crippen molar-refractivity contribution in [1.29, 1.82) is 0 Å². The summed E-state index contributed by atoms with van der Waals surface area (Å²) < 4.78 is 9.81. The summed E-state index contributed by atoms with van der Waals surface area (Å²) in [5, 5.41) is 0. The smallest absolute Gasteiger partial charge is 0.407 e. The Kier molecular flexibility index (Phi) is 5.85. The molecule has 0 fully saturated rings. The zero-order valence-corrected chi connectivity index (χ0v) is 11.2. The summed E-state index contributed by atoms with van der Waals surface area (Å²) in [5.41, 5.74) is 5.97. The van der Waals surface area contributed by atoms with Crippen molar-refractivity contribution in [1.82, 2.24) is 0 Å². The largest absolute Gasteiger partial charge is 0.425 e. The molecule has 0 aliphatic carbocycles. The van der Waals surface area contributed by atoms with E-state index < -0.39 is 18.4 Å². The molecule has 19 heavy (non-hydrogen) atoms. The molecular formula is C14H19NO4. The number of primary amides is 1. The minimum Gasteiger partial charge on any atom is -0.425 e. The van der Waals surface area contributed by atoms with Gasteiger partial charge < -0.3 is 15.2 Å². The molecular weight excluding hydrogens is 246 g/mol. The highest BCUT2D eigenvalue weighted by molar-refractivity contribution is 5.70. The van der Waals surface area contributed by atoms with E-state index in [0.717, 1.165) is 5.56 Å². The molecule has 1 rings (SSSR count). The van der Waals surface area contributed by atoms with Crippen molar-refractivity contribution < 1.29 is 19.1 Å². The number of aryl methyl sites for hydroxylation is 1. The number of hydrogen-bond acceptors (Lipinski definition) is 4. The maximum atomic E-state index is 11.7. The van der Waals surface area contributed by atoms with Gasteiger partial charge in [-0.1, -0.05) is 44.2 Å². The normalized spacial score (nSPS) is 11.9. The van der Waals surface area contributed by atoms with Crippen LogP contribution in [0.4, 0.5) is 4.79 Å². The van der Waals surface area contributed by atoms with E-state index in [1.54, 1.807) is 13.8 Å². The SMILES string of the molecule is CC(C)C(OC(N)=O)OC(=O)CCc1ccccc1. The third-order valence-corrected chi connectivity index (χ3v) is 2.48. The quantitative estimate of drug-likeness (QED) is 0.632. The van der Waals surface area contributed by atoms with Crippen molar-refractivity contribution in [3.63, 3.8) is 0 Å². The fraction of sp³-hybridized carbons (Fsp3) is 0.429. The van der Waals surface area contributed by atoms with Gasteiger partial charge in [-0.2, -0.15) is 0 Å². The molecule has 104 valence electrons. The van der Waals surface area contributed by atoms with E-state index in [2.05, 4.69) is 0 Å². The van der Waals surface area contributed by atoms with Crippen LogP contribution in [0.5, 0.6) is 0 Å². The molecule has 0 saturated carbocycles. The first-order valence-electron chi connectivity index (χ1n) is 6.18. The number of rotatable bonds is 6. The van der Waals surface area contributed by atoms with E-state index in [-0.39, 0.29) is 12.3 Å². The molecule has 5 heteroatoms. The van der Waals surface area contributed by atoms with Crippen LogP contribution in [-0.4, -0.2) is 18.4 Å². The molecule has 0 saturated heterocycles. The molecule has 1 atom stereocenters. The summed E-state index contributed by atoms with van der Waals surface area (Å²) in [6.45, 7) is 3.55. The van der Waals surface area contributed by atoms with E-state index >= 15 is 0 Å². The summed E-state index contributed by atoms with van der Waals surface area (Å²) >= 11 is 0. The summed E-state index contributed by atoms with van der Waals surface area (Å²) in [6, 6.07) is 9.61. The molecule has 0 spiro atoms. The van der Waals surface area contributed by atoms with Crippen molar-refractivity contribution in [2.75, 3.05) is 0 Å². The first kappa shape index (κ1) is 15.0. The summed E-state index contributed by atoms with van der Waals surface area (Å²) in [7, 11) is 0. The fourth-order valence-electron chi connectivity index (χ4n) is 1.49. The summed E-state index contributed by atoms with van der Waals surface area (Å²) in [5.74, 6) is -0.558. The zero-order valence-electron chi connectivity index (χ0n) is 11.2. The molecule has 5 nitrogen and oxygen atoms in total. The number of benzene rings is 1. The van der Waals surface area contributed by atoms with Crippen LogP contribution in [0.25, 0.3) is 0 Å². The summed E-state index contributed by atoms with van der Waals surface area (Å²) in [4.78, 5) is 22.3. The highest BCUT2D eigenvalue weighted by atomic mass is 16.7. The van der Waals surface area contributed by atoms with E-state index in [9.17, 15) is 9.59 Å². The number of hydrogen-bond donors (Lipinski definition) is 1. The van der Waals surface area contributed by atoms with Gasteiger partial charge in [0.05, 0.1) is 0 Å². The highest BCUT2D eigenvalue weighted by Crippen LogP contribution is 2.11. The van der Waals surface area contributed by atoms with E-state index in [0.29, 0.717) is 6.42 Å². The molecule has 0 aromatic heterocycles. The Morgan fingerprint density at radius 1 is 1.16 bits per heavy atom. The van der Waals surface area contributed by atoms with Crippen molar-refractivity contribution >= 4 is 12.1 Å². The third-order valence-electron chi connectivity index (χ3n) is 2.48. The Morgan fingerprint density at radius 3 is 2.32 bits per heavy atom. The lowest BCUT2D eigenvalue weighted by atomic mass is 10.1. The number of carbonyl (C=O) groups is 2. The Hall–Kier alpha value is -2.04. The lowest BCUT2D eigenvalue weighted by Crippen LogP contribution is -2.31. The fourth-order valence-corrected chi connectivity index (χ4v) is 1.49. The van der Waals surface area contributed by atoms with Gasteiger partial charge in [-0.15, -0.1) is 0 Å². The van der Waals surface area contributed by atoms with Crippen LogP contribution >= 0.6 is 0 Å². The Morgan fingerprint density at radius 2 is 1.79 bits per heavy atom. The maximum absolute atomic E-state index is 11.7. The Balaban J connectivity index is 2.42. The minimum atomic E-state index is -0.949. The second kappa shape index (κ2) is 7.41. The van der Waals surface area contributed by atoms with Gasteiger partial charge in [-0.05, 0) is 12.0 Å². The van der Waals surface area contributed by atoms with Gasteiger partial charge in [0, 0.05) is 12.3 Å². The van der Waals surface area contributed by atoms with Crippen LogP contribution in [0.15, 0.2) is 30.3 Å². The van der Waals surface area contributed by atoms with Crippen LogP contribution in [0.1, 0.15) is 25.8 Å². The molecule has 0 radical (unpaired) electrons. The topological polar surface area (TPSA) is 78.6 Å². The number of esters is 1. The molecule has 1 aromatic rings. The maximum Gasteiger partial charge on any atom is 0.407 e. The summed E-state index contributed by atoms with van der Waals surface area (Å²) in [6.07, 6.45) is -1.06. The second-order valence-corrected chi connectivity index (χ2v) is 4.52. The van der Waals surface area contributed by atoms with Gasteiger partial charge in [0.25, 0.3) is 6.29 Å². The average Bonchev–Trinajstić information content (AvgIpc) is 2.36. The standard InChI is InChI=1S/C14H19NO4/c1-10(2)13(19-14(15)17)18-12(16)9-8-11-6-4-3-5-7-11/h3-7,10,13H,8-9H2,1-2H3,(H2,15,17). The van der Waals surface area contributed by atoms with Gasteiger partial charge in [0.2, 0.25) is 0 Å². The van der Waals surface area contributed by atoms with Crippen LogP contribution < -0.4 is 5.73 Å². The average molecular weight is 265 g/mol. The van der Waals surface area contributed by atoms with Crippen LogP contribution in [-0.2, 0) is 20.7 Å². The second-order valence-electron chi connectivity index (χ2n) is 4.52. The third kappa shape index (κ3) is 5.90. The van der Waals surface area contributed by atoms with Gasteiger partial charge in [0.15, 0.2) is 0 Å². The van der Waals surface area contributed by atoms with Crippen molar-refractivity contribution in [3.8, 4) is 0 Å². The Labute approximate surface area is 112 Å². The highest BCUT2D eigenvalue weighted by Gasteiger charge is 2.21. The van der Waals surface area contributed by atoms with Gasteiger partial charge >= 0.3 is 12.1 Å². The molecule has 0 bridgehead atoms. The lowest BCUT2D eigenvalue weighted by Gasteiger charge is -2.20. The number of ether oxygens (including phenoxy) is 2. The predicted molar refractivity (Wildman–Crippen MR) is 70.1 cm³/mol. The molecule has 0 aliphatic rings. The molecule has 1 unspecified atom stereocenters. The van der Waals surface area contributed by atoms with E-state index in [4.69, 9.17) is 15.2 Å². The number of carbonyl (C=O) groups excluding carboxylic acids is 2. The molecule has 1 aromatic carbocycles. The number of nitrogens with two attached hydrogens (primary N) is 1. The van der Waals surface area contributed by atoms with E-state index in [1.165, 1.54) is 0 Å². The van der Waals surface area contributed by atoms with Crippen LogP contribution in [0.3, 0.4) is 0 Å². The van der Waals surface area contributed by atoms with Gasteiger partial charge in [-0.25, -0.2) is 4.79 Å². The first-order valence-corrected chi connectivity index (χ1v) is 6.18. The Bertz CT molecular complexity index is 417. The van der Waals surface area contributed by atoms with Crippen LogP contribution in [0, 0.1) is 5.92 Å². The van der Waals surface area contributed by atoms with Gasteiger partial charge in [0.1, 0.15) is 0 Å². The number of amides is 1. The molecule has 1 amide bonds. The molecule has 0 aliphatic heterocycles. The van der Waals surface area contributed by atoms with Crippen molar-refractivity contribution in [2.24, 2.45) is 11.7 Å². The van der Waals surface area contributed by atoms with E-state index in [1.807, 2.05) is 30.3 Å². The monoisotopic (exact) mass is 265 g/mol. The van der Waals surface area contributed by atoms with Gasteiger partial charge in [-0.3, -0.25) is 4.79 Å². The zero-order chi connectivity index (χ0) is 14.3. The van der Waals surface area contributed by atoms with Crippen molar-refractivity contribution in [3.05, 3.63) is 35.9 Å². The molecule has 2 N–H and O–H groups in total. The lowest BCUT2D eigenvalue weighted by molar-refractivity contribution is -0.174. The predicted octanol–water partition coefficient (Wildman–Crippen LogP) is 2.24. The van der Waals surface area contributed by atoms with Crippen LogP contribution in [0.2, 0.25) is 0 Å². The first-order chi connectivity index (χ1) is 8.99. The minimum absolute atomic E-state index is 0.145.